The lowest BCUT2D eigenvalue weighted by Gasteiger charge is -2.29. The van der Waals surface area contributed by atoms with Crippen molar-refractivity contribution in [3.8, 4) is 5.75 Å². The summed E-state index contributed by atoms with van der Waals surface area (Å²) >= 11 is 0. The van der Waals surface area contributed by atoms with E-state index in [1.165, 1.54) is 0 Å². The number of carbonyl (C=O) groups is 1. The first-order chi connectivity index (χ1) is 10.9. The lowest BCUT2D eigenvalue weighted by atomic mass is 10.0. The van der Waals surface area contributed by atoms with Crippen molar-refractivity contribution < 1.29 is 27.8 Å². The molecular weight excluding hydrogens is 311 g/mol. The van der Waals surface area contributed by atoms with Gasteiger partial charge in [-0.05, 0) is 43.9 Å². The summed E-state index contributed by atoms with van der Waals surface area (Å²) in [6, 6.07) is 2.41. The van der Waals surface area contributed by atoms with Crippen LogP contribution in [0.4, 0.5) is 13.2 Å². The highest BCUT2D eigenvalue weighted by molar-refractivity contribution is 5.97. The van der Waals surface area contributed by atoms with E-state index in [2.05, 4.69) is 0 Å². The summed E-state index contributed by atoms with van der Waals surface area (Å²) in [7, 11) is 0. The van der Waals surface area contributed by atoms with Crippen molar-refractivity contribution in [1.82, 2.24) is 4.90 Å². The number of halogens is 3. The maximum atomic E-state index is 12.6. The van der Waals surface area contributed by atoms with Crippen LogP contribution in [0.1, 0.15) is 41.6 Å². The van der Waals surface area contributed by atoms with Gasteiger partial charge in [0.05, 0.1) is 23.3 Å². The summed E-state index contributed by atoms with van der Waals surface area (Å²) in [5.74, 6) is -1.07. The molecule has 1 N–H and O–H groups in total. The third kappa shape index (κ3) is 3.15. The van der Waals surface area contributed by atoms with E-state index in [0.717, 1.165) is 37.8 Å². The van der Waals surface area contributed by atoms with Crippen molar-refractivity contribution in [3.63, 3.8) is 0 Å². The number of aromatic hydroxyl groups is 1. The Hall–Kier alpha value is -1.76. The molecule has 0 radical (unpaired) electrons. The minimum atomic E-state index is -4.55. The predicted octanol–water partition coefficient (Wildman–Crippen LogP) is 3.19. The molecule has 1 aromatic carbocycles. The van der Waals surface area contributed by atoms with E-state index in [9.17, 15) is 23.1 Å². The zero-order chi connectivity index (χ0) is 16.6. The number of carbonyl (C=O) groups excluding carboxylic acids is 1. The summed E-state index contributed by atoms with van der Waals surface area (Å²) in [6.07, 6.45) is -1.08. The molecule has 126 valence electrons. The van der Waals surface area contributed by atoms with Crippen molar-refractivity contribution in [2.24, 2.45) is 0 Å². The predicted molar refractivity (Wildman–Crippen MR) is 76.1 cm³/mol. The van der Waals surface area contributed by atoms with Gasteiger partial charge in [-0.15, -0.1) is 0 Å². The topological polar surface area (TPSA) is 49.8 Å². The first-order valence-corrected chi connectivity index (χ1v) is 7.70. The van der Waals surface area contributed by atoms with Crippen LogP contribution in [0.25, 0.3) is 0 Å². The van der Waals surface area contributed by atoms with E-state index < -0.39 is 23.4 Å². The Kier molecular flexibility index (Phi) is 4.23. The van der Waals surface area contributed by atoms with Crippen LogP contribution in [-0.2, 0) is 10.9 Å². The summed E-state index contributed by atoms with van der Waals surface area (Å²) in [5.41, 5.74) is -1.06. The number of rotatable bonds is 2. The molecule has 7 heteroatoms. The Labute approximate surface area is 131 Å². The average Bonchev–Trinajstić information content (AvgIpc) is 3.16. The number of likely N-dealkylation sites (tertiary alicyclic amines) is 1. The van der Waals surface area contributed by atoms with Gasteiger partial charge in [-0.2, -0.15) is 13.2 Å². The van der Waals surface area contributed by atoms with Crippen molar-refractivity contribution in [1.29, 1.82) is 0 Å². The minimum absolute atomic E-state index is 0.0157. The summed E-state index contributed by atoms with van der Waals surface area (Å²) in [4.78, 5) is 14.2. The minimum Gasteiger partial charge on any atom is -0.507 e. The zero-order valence-electron chi connectivity index (χ0n) is 12.5. The standard InChI is InChI=1S/C16H18F3NO3/c17-16(18,19)10-5-6-11(13(21)9-10)15(22)20-7-1-3-12(20)14-4-2-8-23-14/h5-6,9,12,14,21H,1-4,7-8H2. The fourth-order valence-electron chi connectivity index (χ4n) is 3.38. The molecule has 4 nitrogen and oxygen atoms in total. The molecule has 0 spiro atoms. The van der Waals surface area contributed by atoms with Gasteiger partial charge in [0.25, 0.3) is 5.91 Å². The van der Waals surface area contributed by atoms with Crippen LogP contribution in [0, 0.1) is 0 Å². The van der Waals surface area contributed by atoms with Crippen LogP contribution >= 0.6 is 0 Å². The van der Waals surface area contributed by atoms with Gasteiger partial charge < -0.3 is 14.7 Å². The SMILES string of the molecule is O=C(c1ccc(C(F)(F)F)cc1O)N1CCCC1C1CCCO1. The number of phenolic OH excluding ortho intramolecular Hbond substituents is 1. The second-order valence-electron chi connectivity index (χ2n) is 5.99. The molecule has 2 saturated heterocycles. The van der Waals surface area contributed by atoms with Gasteiger partial charge in [-0.25, -0.2) is 0 Å². The Balaban J connectivity index is 1.82. The molecule has 2 aliphatic rings. The monoisotopic (exact) mass is 329 g/mol. The first-order valence-electron chi connectivity index (χ1n) is 7.70. The number of benzene rings is 1. The van der Waals surface area contributed by atoms with E-state index >= 15 is 0 Å². The Morgan fingerprint density at radius 1 is 1.26 bits per heavy atom. The molecule has 2 aliphatic heterocycles. The lowest BCUT2D eigenvalue weighted by Crippen LogP contribution is -2.42. The zero-order valence-corrected chi connectivity index (χ0v) is 12.5. The molecule has 2 unspecified atom stereocenters. The van der Waals surface area contributed by atoms with Gasteiger partial charge >= 0.3 is 6.18 Å². The highest BCUT2D eigenvalue weighted by atomic mass is 19.4. The highest BCUT2D eigenvalue weighted by Gasteiger charge is 2.38. The van der Waals surface area contributed by atoms with Gasteiger partial charge in [0.2, 0.25) is 0 Å². The molecule has 0 bridgehead atoms. The Morgan fingerprint density at radius 3 is 2.65 bits per heavy atom. The maximum absolute atomic E-state index is 12.6. The van der Waals surface area contributed by atoms with E-state index in [0.29, 0.717) is 19.2 Å². The summed E-state index contributed by atoms with van der Waals surface area (Å²) in [5, 5.41) is 9.86. The van der Waals surface area contributed by atoms with E-state index in [1.54, 1.807) is 4.90 Å². The summed E-state index contributed by atoms with van der Waals surface area (Å²) in [6.45, 7) is 1.21. The largest absolute Gasteiger partial charge is 0.507 e. The van der Waals surface area contributed by atoms with Gasteiger partial charge in [-0.1, -0.05) is 0 Å². The van der Waals surface area contributed by atoms with Crippen LogP contribution in [0.3, 0.4) is 0 Å². The molecule has 0 aliphatic carbocycles. The van der Waals surface area contributed by atoms with Crippen LogP contribution in [0.2, 0.25) is 0 Å². The van der Waals surface area contributed by atoms with Crippen molar-refractivity contribution in [2.45, 2.75) is 44.0 Å². The molecular formula is C16H18F3NO3. The number of alkyl halides is 3. The molecule has 3 rings (SSSR count). The fourth-order valence-corrected chi connectivity index (χ4v) is 3.38. The van der Waals surface area contributed by atoms with E-state index in [-0.39, 0.29) is 17.7 Å². The lowest BCUT2D eigenvalue weighted by molar-refractivity contribution is -0.137. The molecule has 2 heterocycles. The van der Waals surface area contributed by atoms with E-state index in [1.807, 2.05) is 0 Å². The van der Waals surface area contributed by atoms with Gasteiger partial charge in [0.1, 0.15) is 5.75 Å². The quantitative estimate of drug-likeness (QED) is 0.906. The number of nitrogens with zero attached hydrogens (tertiary/aromatic N) is 1. The molecule has 0 aromatic heterocycles. The molecule has 1 aromatic rings. The van der Waals surface area contributed by atoms with Gasteiger partial charge in [0.15, 0.2) is 0 Å². The second-order valence-corrected chi connectivity index (χ2v) is 5.99. The fraction of sp³-hybridized carbons (Fsp3) is 0.562. The van der Waals surface area contributed by atoms with Crippen LogP contribution < -0.4 is 0 Å². The molecule has 1 amide bonds. The van der Waals surface area contributed by atoms with Crippen molar-refractivity contribution in [2.75, 3.05) is 13.2 Å². The van der Waals surface area contributed by atoms with Crippen molar-refractivity contribution >= 4 is 5.91 Å². The highest BCUT2D eigenvalue weighted by Crippen LogP contribution is 2.34. The third-order valence-electron chi connectivity index (χ3n) is 4.51. The Morgan fingerprint density at radius 2 is 2.04 bits per heavy atom. The second kappa shape index (κ2) is 6.03. The number of ether oxygens (including phenoxy) is 1. The Bertz CT molecular complexity index is 597. The molecule has 2 fully saturated rings. The van der Waals surface area contributed by atoms with Gasteiger partial charge in [-0.3, -0.25) is 4.79 Å². The smallest absolute Gasteiger partial charge is 0.416 e. The average molecular weight is 329 g/mol. The normalized spacial score (nSPS) is 25.1. The third-order valence-corrected chi connectivity index (χ3v) is 4.51. The van der Waals surface area contributed by atoms with Crippen LogP contribution in [-0.4, -0.2) is 41.2 Å². The van der Waals surface area contributed by atoms with Gasteiger partial charge in [0, 0.05) is 13.2 Å². The van der Waals surface area contributed by atoms with Crippen LogP contribution in [0.15, 0.2) is 18.2 Å². The molecule has 2 atom stereocenters. The summed E-state index contributed by atoms with van der Waals surface area (Å²) < 4.78 is 43.6. The first kappa shape index (κ1) is 16.1. The molecule has 23 heavy (non-hydrogen) atoms. The molecule has 0 saturated carbocycles. The van der Waals surface area contributed by atoms with Crippen molar-refractivity contribution in [3.05, 3.63) is 29.3 Å². The van der Waals surface area contributed by atoms with E-state index in [4.69, 9.17) is 4.74 Å². The maximum Gasteiger partial charge on any atom is 0.416 e. The van der Waals surface area contributed by atoms with Crippen LogP contribution in [0.5, 0.6) is 5.75 Å². The number of phenols is 1. The number of hydrogen-bond acceptors (Lipinski definition) is 3. The number of amides is 1. The number of hydrogen-bond donors (Lipinski definition) is 1.